The smallest absolute Gasteiger partial charge is 0.0372 e. The highest BCUT2D eigenvalue weighted by Crippen LogP contribution is 2.43. The summed E-state index contributed by atoms with van der Waals surface area (Å²) in [6.45, 7) is 3.39. The lowest BCUT2D eigenvalue weighted by molar-refractivity contribution is 0.472. The molecule has 0 amide bonds. The molecule has 0 aromatic heterocycles. The molecule has 2 bridgehead atoms. The van der Waals surface area contributed by atoms with Crippen molar-refractivity contribution in [3.8, 4) is 0 Å². The minimum absolute atomic E-state index is 0.848. The second-order valence-electron chi connectivity index (χ2n) is 5.83. The van der Waals surface area contributed by atoms with Crippen LogP contribution in [0.3, 0.4) is 0 Å². The Morgan fingerprint density at radius 2 is 2.06 bits per heavy atom. The van der Waals surface area contributed by atoms with Crippen molar-refractivity contribution in [2.45, 2.75) is 32.6 Å². The van der Waals surface area contributed by atoms with Crippen LogP contribution in [0.25, 0.3) is 0 Å². The molecule has 0 heterocycles. The number of hydrogen-bond donors (Lipinski definition) is 1. The summed E-state index contributed by atoms with van der Waals surface area (Å²) in [6, 6.07) is 8.78. The quantitative estimate of drug-likeness (QED) is 0.759. The van der Waals surface area contributed by atoms with Crippen molar-refractivity contribution in [1.29, 1.82) is 0 Å². The maximum Gasteiger partial charge on any atom is 0.0372 e. The highest BCUT2D eigenvalue weighted by atomic mass is 14.9. The van der Waals surface area contributed by atoms with Crippen molar-refractivity contribution in [3.05, 3.63) is 42.0 Å². The first-order chi connectivity index (χ1) is 8.86. The molecule has 1 aromatic carbocycles. The summed E-state index contributed by atoms with van der Waals surface area (Å²) in [7, 11) is 0. The zero-order chi connectivity index (χ0) is 12.4. The predicted octanol–water partition coefficient (Wildman–Crippen LogP) is 4.26. The van der Waals surface area contributed by atoms with E-state index in [1.165, 1.54) is 36.9 Å². The summed E-state index contributed by atoms with van der Waals surface area (Å²) >= 11 is 0. The number of anilines is 1. The van der Waals surface area contributed by atoms with Gasteiger partial charge in [-0.25, -0.2) is 0 Å². The van der Waals surface area contributed by atoms with Crippen LogP contribution in [0.2, 0.25) is 0 Å². The summed E-state index contributed by atoms with van der Waals surface area (Å²) < 4.78 is 0. The molecule has 0 saturated heterocycles. The molecule has 0 spiro atoms. The number of aryl methyl sites for hydroxylation is 1. The Kier molecular flexibility index (Phi) is 3.40. The zero-order valence-corrected chi connectivity index (χ0v) is 11.2. The second kappa shape index (κ2) is 5.17. The van der Waals surface area contributed by atoms with Crippen LogP contribution in [0.15, 0.2) is 36.4 Å². The average Bonchev–Trinajstić information content (AvgIpc) is 3.00. The summed E-state index contributed by atoms with van der Waals surface area (Å²) in [4.78, 5) is 0. The van der Waals surface area contributed by atoms with E-state index in [0.717, 1.165) is 24.3 Å². The molecule has 1 saturated carbocycles. The van der Waals surface area contributed by atoms with Gasteiger partial charge >= 0.3 is 0 Å². The normalized spacial score (nSPS) is 28.8. The van der Waals surface area contributed by atoms with Gasteiger partial charge in [-0.1, -0.05) is 43.7 Å². The van der Waals surface area contributed by atoms with Gasteiger partial charge in [0, 0.05) is 12.2 Å². The molecule has 1 aromatic rings. The highest BCUT2D eigenvalue weighted by Gasteiger charge is 2.35. The van der Waals surface area contributed by atoms with Crippen LogP contribution >= 0.6 is 0 Å². The van der Waals surface area contributed by atoms with Crippen LogP contribution in [0.4, 0.5) is 5.69 Å². The fourth-order valence-corrected chi connectivity index (χ4v) is 3.55. The van der Waals surface area contributed by atoms with E-state index in [1.807, 2.05) is 0 Å². The van der Waals surface area contributed by atoms with Gasteiger partial charge in [0.05, 0.1) is 0 Å². The van der Waals surface area contributed by atoms with Gasteiger partial charge in [-0.05, 0) is 48.6 Å². The molecule has 2 aliphatic carbocycles. The Hall–Kier alpha value is -1.24. The number of nitrogens with one attached hydrogen (secondary N) is 1. The van der Waals surface area contributed by atoms with E-state index >= 15 is 0 Å². The standard InChI is InChI=1S/C17H23N/c1-2-5-14-6-3-4-7-17(14)18-12-16-11-13-8-9-15(16)10-13/h3-4,6-9,13,15-16,18H,2,5,10-12H2,1H3. The SMILES string of the molecule is CCCc1ccccc1NCC1CC2C=CC1C2. The van der Waals surface area contributed by atoms with Gasteiger partial charge in [0.2, 0.25) is 0 Å². The molecule has 3 rings (SSSR count). The number of rotatable bonds is 5. The molecule has 18 heavy (non-hydrogen) atoms. The van der Waals surface area contributed by atoms with Crippen LogP contribution in [0.1, 0.15) is 31.7 Å². The molecule has 0 aliphatic heterocycles. The van der Waals surface area contributed by atoms with Crippen molar-refractivity contribution in [2.24, 2.45) is 17.8 Å². The molecule has 3 atom stereocenters. The van der Waals surface area contributed by atoms with Crippen LogP contribution in [0, 0.1) is 17.8 Å². The average molecular weight is 241 g/mol. The summed E-state index contributed by atoms with van der Waals surface area (Å²) in [5.41, 5.74) is 2.82. The van der Waals surface area contributed by atoms with Gasteiger partial charge in [0.25, 0.3) is 0 Å². The Morgan fingerprint density at radius 1 is 1.17 bits per heavy atom. The third-order valence-corrected chi connectivity index (χ3v) is 4.51. The summed E-state index contributed by atoms with van der Waals surface area (Å²) in [5, 5.41) is 3.69. The van der Waals surface area contributed by atoms with Gasteiger partial charge in [-0.3, -0.25) is 0 Å². The summed E-state index contributed by atoms with van der Waals surface area (Å²) in [5.74, 6) is 2.59. The van der Waals surface area contributed by atoms with Crippen molar-refractivity contribution >= 4 is 5.69 Å². The van der Waals surface area contributed by atoms with E-state index in [4.69, 9.17) is 0 Å². The highest BCUT2D eigenvalue weighted by molar-refractivity contribution is 5.51. The zero-order valence-electron chi connectivity index (χ0n) is 11.2. The number of fused-ring (bicyclic) bond motifs is 2. The van der Waals surface area contributed by atoms with Crippen molar-refractivity contribution in [1.82, 2.24) is 0 Å². The Bertz CT molecular complexity index is 435. The molecular formula is C17H23N. The lowest BCUT2D eigenvalue weighted by Gasteiger charge is -2.20. The summed E-state index contributed by atoms with van der Waals surface area (Å²) in [6.07, 6.45) is 10.1. The first-order valence-electron chi connectivity index (χ1n) is 7.37. The van der Waals surface area contributed by atoms with Gasteiger partial charge in [-0.15, -0.1) is 0 Å². The number of hydrogen-bond acceptors (Lipinski definition) is 1. The molecule has 1 heteroatoms. The molecule has 3 unspecified atom stereocenters. The van der Waals surface area contributed by atoms with Gasteiger partial charge < -0.3 is 5.32 Å². The lowest BCUT2D eigenvalue weighted by atomic mass is 9.93. The Morgan fingerprint density at radius 3 is 2.78 bits per heavy atom. The molecular weight excluding hydrogens is 218 g/mol. The minimum atomic E-state index is 0.848. The molecule has 1 fully saturated rings. The van der Waals surface area contributed by atoms with E-state index < -0.39 is 0 Å². The van der Waals surface area contributed by atoms with E-state index in [1.54, 1.807) is 0 Å². The van der Waals surface area contributed by atoms with Crippen LogP contribution in [0.5, 0.6) is 0 Å². The molecule has 1 nitrogen and oxygen atoms in total. The van der Waals surface area contributed by atoms with E-state index in [0.29, 0.717) is 0 Å². The maximum atomic E-state index is 3.69. The van der Waals surface area contributed by atoms with Crippen LogP contribution in [-0.4, -0.2) is 6.54 Å². The fourth-order valence-electron chi connectivity index (χ4n) is 3.55. The molecule has 1 N–H and O–H groups in total. The Labute approximate surface area is 110 Å². The second-order valence-corrected chi connectivity index (χ2v) is 5.83. The fraction of sp³-hybridized carbons (Fsp3) is 0.529. The minimum Gasteiger partial charge on any atom is -0.385 e. The van der Waals surface area contributed by atoms with E-state index in [-0.39, 0.29) is 0 Å². The lowest BCUT2D eigenvalue weighted by Crippen LogP contribution is -2.18. The molecule has 2 aliphatic rings. The monoisotopic (exact) mass is 241 g/mol. The largest absolute Gasteiger partial charge is 0.385 e. The van der Waals surface area contributed by atoms with Crippen molar-refractivity contribution in [3.63, 3.8) is 0 Å². The van der Waals surface area contributed by atoms with E-state index in [9.17, 15) is 0 Å². The van der Waals surface area contributed by atoms with Crippen molar-refractivity contribution in [2.75, 3.05) is 11.9 Å². The maximum absolute atomic E-state index is 3.69. The molecule has 0 radical (unpaired) electrons. The van der Waals surface area contributed by atoms with Gasteiger partial charge in [0.15, 0.2) is 0 Å². The molecule has 96 valence electrons. The first kappa shape index (κ1) is 11.8. The van der Waals surface area contributed by atoms with Crippen LogP contribution in [-0.2, 0) is 6.42 Å². The van der Waals surface area contributed by atoms with Crippen LogP contribution < -0.4 is 5.32 Å². The Balaban J connectivity index is 1.61. The van der Waals surface area contributed by atoms with Gasteiger partial charge in [0.1, 0.15) is 0 Å². The third-order valence-electron chi connectivity index (χ3n) is 4.51. The predicted molar refractivity (Wildman–Crippen MR) is 77.8 cm³/mol. The number of benzene rings is 1. The third kappa shape index (κ3) is 2.31. The van der Waals surface area contributed by atoms with Crippen molar-refractivity contribution < 1.29 is 0 Å². The number of allylic oxidation sites excluding steroid dienone is 2. The van der Waals surface area contributed by atoms with E-state index in [2.05, 4.69) is 48.7 Å². The number of para-hydroxylation sites is 1. The topological polar surface area (TPSA) is 12.0 Å². The first-order valence-corrected chi connectivity index (χ1v) is 7.37. The van der Waals surface area contributed by atoms with Gasteiger partial charge in [-0.2, -0.15) is 0 Å².